The Morgan fingerprint density at radius 3 is 2.78 bits per heavy atom. The van der Waals surface area contributed by atoms with Crippen LogP contribution < -0.4 is 0 Å². The van der Waals surface area contributed by atoms with E-state index < -0.39 is 13.8 Å². The van der Waals surface area contributed by atoms with Crippen LogP contribution in [0.3, 0.4) is 0 Å². The summed E-state index contributed by atoms with van der Waals surface area (Å²) in [6.07, 6.45) is 5.63. The lowest BCUT2D eigenvalue weighted by molar-refractivity contribution is -0.141. The van der Waals surface area contributed by atoms with Gasteiger partial charge in [0.25, 0.3) is 0 Å². The van der Waals surface area contributed by atoms with Crippen molar-refractivity contribution in [2.24, 2.45) is 0 Å². The van der Waals surface area contributed by atoms with E-state index >= 15 is 0 Å². The second kappa shape index (κ2) is 10.9. The van der Waals surface area contributed by atoms with Gasteiger partial charge >= 0.3 is 5.97 Å². The molecular formula is C13H19O4P. The van der Waals surface area contributed by atoms with Crippen LogP contribution in [0.4, 0.5) is 0 Å². The van der Waals surface area contributed by atoms with Gasteiger partial charge in [-0.25, -0.2) is 0 Å². The summed E-state index contributed by atoms with van der Waals surface area (Å²) >= 11 is 0. The lowest BCUT2D eigenvalue weighted by Crippen LogP contribution is -2.13. The van der Waals surface area contributed by atoms with Gasteiger partial charge in [-0.15, -0.1) is 12.3 Å². The first kappa shape index (κ1) is 16.8. The minimum Gasteiger partial charge on any atom is -0.463 e. The quantitative estimate of drug-likeness (QED) is 0.305. The van der Waals surface area contributed by atoms with E-state index in [-0.39, 0.29) is 31.6 Å². The molecule has 0 aliphatic heterocycles. The largest absolute Gasteiger partial charge is 0.463 e. The zero-order valence-corrected chi connectivity index (χ0v) is 11.8. The molecule has 0 rings (SSSR count). The third-order valence-electron chi connectivity index (χ3n) is 1.97. The van der Waals surface area contributed by atoms with Crippen LogP contribution in [0.1, 0.15) is 20.3 Å². The van der Waals surface area contributed by atoms with E-state index in [1.807, 2.05) is 6.92 Å². The summed E-state index contributed by atoms with van der Waals surface area (Å²) in [4.78, 5) is 11.3. The molecule has 0 N–H and O–H groups in total. The molecule has 18 heavy (non-hydrogen) atoms. The average Bonchev–Trinajstić information content (AvgIpc) is 2.35. The summed E-state index contributed by atoms with van der Waals surface area (Å²) in [6.45, 7) is 4.25. The molecule has 4 nitrogen and oxygen atoms in total. The van der Waals surface area contributed by atoms with Crippen LogP contribution in [-0.2, 0) is 18.8 Å². The first-order valence-corrected chi connectivity index (χ1v) is 7.49. The first-order chi connectivity index (χ1) is 8.61. The Morgan fingerprint density at radius 2 is 2.17 bits per heavy atom. The molecule has 0 aliphatic carbocycles. The molecule has 0 aromatic heterocycles. The molecule has 0 saturated heterocycles. The molecule has 5 heteroatoms. The third-order valence-corrected chi connectivity index (χ3v) is 3.72. The molecule has 0 fully saturated rings. The van der Waals surface area contributed by atoms with E-state index in [0.717, 1.165) is 6.42 Å². The van der Waals surface area contributed by atoms with E-state index in [4.69, 9.17) is 15.9 Å². The molecule has 0 aliphatic rings. The predicted octanol–water partition coefficient (Wildman–Crippen LogP) is 1.54. The van der Waals surface area contributed by atoms with Crippen molar-refractivity contribution in [3.8, 4) is 24.2 Å². The van der Waals surface area contributed by atoms with E-state index in [2.05, 4.69) is 17.8 Å². The van der Waals surface area contributed by atoms with Crippen LogP contribution in [0.25, 0.3) is 0 Å². The number of carbonyl (C=O) groups excluding carboxylic acids is 1. The molecule has 0 bridgehead atoms. The number of hydrogen-bond acceptors (Lipinski definition) is 4. The van der Waals surface area contributed by atoms with Crippen LogP contribution in [0.2, 0.25) is 0 Å². The van der Waals surface area contributed by atoms with Gasteiger partial charge < -0.3 is 14.0 Å². The van der Waals surface area contributed by atoms with Crippen LogP contribution in [0.15, 0.2) is 0 Å². The molecule has 0 spiro atoms. The van der Waals surface area contributed by atoms with Crippen molar-refractivity contribution in [2.45, 2.75) is 25.9 Å². The Labute approximate surface area is 109 Å². The van der Waals surface area contributed by atoms with Gasteiger partial charge in [-0.3, -0.25) is 4.79 Å². The molecule has 0 radical (unpaired) electrons. The number of carbonyl (C=O) groups is 1. The predicted molar refractivity (Wildman–Crippen MR) is 72.0 cm³/mol. The maximum Gasteiger partial charge on any atom is 0.313 e. The highest BCUT2D eigenvalue weighted by atomic mass is 31.1. The van der Waals surface area contributed by atoms with Crippen molar-refractivity contribution in [2.75, 3.05) is 26.0 Å². The van der Waals surface area contributed by atoms with Crippen LogP contribution in [0.5, 0.6) is 0 Å². The molecule has 0 amide bonds. The Hall–Kier alpha value is -1.22. The van der Waals surface area contributed by atoms with Crippen LogP contribution in [0, 0.1) is 24.2 Å². The fraction of sp³-hybridized carbons (Fsp3) is 0.615. The Morgan fingerprint density at radius 1 is 1.44 bits per heavy atom. The second-order valence-electron chi connectivity index (χ2n) is 3.52. The smallest absolute Gasteiger partial charge is 0.313 e. The lowest BCUT2D eigenvalue weighted by atomic mass is 10.4. The Balaban J connectivity index is 3.81. The third kappa shape index (κ3) is 8.88. The minimum absolute atomic E-state index is 0.0701. The van der Waals surface area contributed by atoms with Crippen molar-refractivity contribution in [3.05, 3.63) is 0 Å². The monoisotopic (exact) mass is 270 g/mol. The molecule has 2 unspecified atom stereocenters. The van der Waals surface area contributed by atoms with E-state index in [1.54, 1.807) is 6.92 Å². The van der Waals surface area contributed by atoms with Gasteiger partial charge in [0.2, 0.25) is 0 Å². The lowest BCUT2D eigenvalue weighted by Gasteiger charge is -2.06. The zero-order chi connectivity index (χ0) is 13.8. The summed E-state index contributed by atoms with van der Waals surface area (Å²) in [6, 6.07) is 0. The van der Waals surface area contributed by atoms with Crippen molar-refractivity contribution < 1.29 is 18.8 Å². The highest BCUT2D eigenvalue weighted by Gasteiger charge is 2.14. The Kier molecular flexibility index (Phi) is 10.2. The van der Waals surface area contributed by atoms with Crippen molar-refractivity contribution in [1.82, 2.24) is 0 Å². The number of rotatable bonds is 7. The fourth-order valence-corrected chi connectivity index (χ4v) is 1.98. The van der Waals surface area contributed by atoms with Gasteiger partial charge in [-0.05, 0) is 6.92 Å². The summed E-state index contributed by atoms with van der Waals surface area (Å²) in [5.41, 5.74) is -0.250. The fourth-order valence-electron chi connectivity index (χ4n) is 1.03. The van der Waals surface area contributed by atoms with Gasteiger partial charge in [-0.1, -0.05) is 18.8 Å². The van der Waals surface area contributed by atoms with Crippen LogP contribution in [-0.4, -0.2) is 37.6 Å². The van der Waals surface area contributed by atoms with Crippen molar-refractivity contribution >= 4 is 13.8 Å². The van der Waals surface area contributed by atoms with E-state index in [1.165, 1.54) is 0 Å². The molecule has 2 atom stereocenters. The van der Waals surface area contributed by atoms with Crippen molar-refractivity contribution in [1.29, 1.82) is 0 Å². The summed E-state index contributed by atoms with van der Waals surface area (Å²) in [5.74, 6) is 7.52. The topological polar surface area (TPSA) is 52.6 Å². The molecular weight excluding hydrogens is 251 g/mol. The Bertz CT molecular complexity index is 373. The highest BCUT2D eigenvalue weighted by Crippen LogP contribution is 2.27. The number of esters is 1. The standard InChI is InChI=1S/C13H19O4P/c1-4-6-7-12(3)18(15)11-13(14)17-10-9-16-8-5-2/h2,12,18H,4,8-11H2,1,3H3. The van der Waals surface area contributed by atoms with Crippen molar-refractivity contribution in [3.63, 3.8) is 0 Å². The molecule has 0 aromatic rings. The SMILES string of the molecule is C#CCOCCOC(=O)C[PH](=O)C(C)C#CCC. The second-order valence-corrected chi connectivity index (χ2v) is 5.67. The molecule has 100 valence electrons. The average molecular weight is 270 g/mol. The maximum atomic E-state index is 11.7. The number of hydrogen-bond donors (Lipinski definition) is 0. The first-order valence-electron chi connectivity index (χ1n) is 5.79. The number of ether oxygens (including phenoxy) is 2. The summed E-state index contributed by atoms with van der Waals surface area (Å²) in [5, 5.41) is 0. The summed E-state index contributed by atoms with van der Waals surface area (Å²) in [7, 11) is -2.06. The van der Waals surface area contributed by atoms with Gasteiger partial charge in [-0.2, -0.15) is 0 Å². The normalized spacial score (nSPS) is 12.7. The molecule has 0 saturated carbocycles. The zero-order valence-electron chi connectivity index (χ0n) is 10.8. The van der Waals surface area contributed by atoms with Gasteiger partial charge in [0.15, 0.2) is 0 Å². The maximum absolute atomic E-state index is 11.7. The van der Waals surface area contributed by atoms with E-state index in [9.17, 15) is 9.36 Å². The van der Waals surface area contributed by atoms with Gasteiger partial charge in [0.1, 0.15) is 21.0 Å². The molecule has 0 heterocycles. The van der Waals surface area contributed by atoms with E-state index in [0.29, 0.717) is 0 Å². The number of terminal acetylenes is 1. The van der Waals surface area contributed by atoms with Gasteiger partial charge in [0.05, 0.1) is 18.4 Å². The summed E-state index contributed by atoms with van der Waals surface area (Å²) < 4.78 is 21.5. The van der Waals surface area contributed by atoms with Gasteiger partial charge in [0, 0.05) is 6.42 Å². The molecule has 0 aromatic carbocycles. The minimum atomic E-state index is -2.06. The van der Waals surface area contributed by atoms with Crippen LogP contribution >= 0.6 is 7.80 Å². The highest BCUT2D eigenvalue weighted by molar-refractivity contribution is 7.46.